The molecule has 0 radical (unpaired) electrons. The molecule has 1 amide bonds. The van der Waals surface area contributed by atoms with Gasteiger partial charge in [0.2, 0.25) is 5.91 Å². The summed E-state index contributed by atoms with van der Waals surface area (Å²) in [5.41, 5.74) is 0. The lowest BCUT2D eigenvalue weighted by atomic mass is 9.82. The van der Waals surface area contributed by atoms with Crippen LogP contribution < -0.4 is 5.32 Å². The Morgan fingerprint density at radius 3 is 2.33 bits per heavy atom. The standard InChI is InChI=1S/C14H23NO3/c1-4-9(2)10(3)15-13(16)11-7-5-6-8-12(11)14(17)18/h5-6,9-12H,4,7-8H2,1-3H3,(H,15,16)(H,17,18)/t9?,10?,11-,12+/m1/s1. The van der Waals surface area contributed by atoms with Crippen LogP contribution in [0.15, 0.2) is 12.2 Å². The van der Waals surface area contributed by atoms with E-state index in [0.717, 1.165) is 6.42 Å². The van der Waals surface area contributed by atoms with Gasteiger partial charge in [-0.2, -0.15) is 0 Å². The summed E-state index contributed by atoms with van der Waals surface area (Å²) >= 11 is 0. The summed E-state index contributed by atoms with van der Waals surface area (Å²) in [7, 11) is 0. The van der Waals surface area contributed by atoms with Gasteiger partial charge in [0, 0.05) is 6.04 Å². The maximum absolute atomic E-state index is 12.1. The Morgan fingerprint density at radius 1 is 1.28 bits per heavy atom. The van der Waals surface area contributed by atoms with Crippen LogP contribution in [-0.4, -0.2) is 23.0 Å². The van der Waals surface area contributed by atoms with Crippen LogP contribution in [0.5, 0.6) is 0 Å². The summed E-state index contributed by atoms with van der Waals surface area (Å²) in [6, 6.07) is 0.0860. The average Bonchev–Trinajstić information content (AvgIpc) is 2.37. The van der Waals surface area contributed by atoms with Crippen molar-refractivity contribution < 1.29 is 14.7 Å². The summed E-state index contributed by atoms with van der Waals surface area (Å²) in [6.07, 6.45) is 5.72. The van der Waals surface area contributed by atoms with Crippen LogP contribution in [0.25, 0.3) is 0 Å². The van der Waals surface area contributed by atoms with E-state index in [1.807, 2.05) is 19.1 Å². The molecular weight excluding hydrogens is 230 g/mol. The van der Waals surface area contributed by atoms with Gasteiger partial charge in [0.15, 0.2) is 0 Å². The van der Waals surface area contributed by atoms with Crippen molar-refractivity contribution in [3.63, 3.8) is 0 Å². The van der Waals surface area contributed by atoms with E-state index < -0.39 is 17.8 Å². The minimum Gasteiger partial charge on any atom is -0.481 e. The lowest BCUT2D eigenvalue weighted by Crippen LogP contribution is -2.44. The molecule has 0 fully saturated rings. The number of nitrogens with one attached hydrogen (secondary N) is 1. The van der Waals surface area contributed by atoms with Crippen molar-refractivity contribution in [2.45, 2.75) is 46.1 Å². The fourth-order valence-electron chi connectivity index (χ4n) is 2.20. The number of allylic oxidation sites excluding steroid dienone is 2. The molecule has 4 atom stereocenters. The van der Waals surface area contributed by atoms with Crippen molar-refractivity contribution in [2.75, 3.05) is 0 Å². The molecule has 4 heteroatoms. The van der Waals surface area contributed by atoms with Crippen LogP contribution >= 0.6 is 0 Å². The topological polar surface area (TPSA) is 66.4 Å². The van der Waals surface area contributed by atoms with Crippen molar-refractivity contribution in [3.05, 3.63) is 12.2 Å². The van der Waals surface area contributed by atoms with Gasteiger partial charge < -0.3 is 10.4 Å². The summed E-state index contributed by atoms with van der Waals surface area (Å²) in [5.74, 6) is -1.62. The van der Waals surface area contributed by atoms with E-state index in [-0.39, 0.29) is 11.9 Å². The summed E-state index contributed by atoms with van der Waals surface area (Å²) < 4.78 is 0. The number of carbonyl (C=O) groups is 2. The molecule has 0 bridgehead atoms. The van der Waals surface area contributed by atoms with E-state index in [1.165, 1.54) is 0 Å². The Hall–Kier alpha value is -1.32. The molecular formula is C14H23NO3. The molecule has 18 heavy (non-hydrogen) atoms. The van der Waals surface area contributed by atoms with Crippen molar-refractivity contribution >= 4 is 11.9 Å². The number of hydrogen-bond acceptors (Lipinski definition) is 2. The van der Waals surface area contributed by atoms with E-state index in [0.29, 0.717) is 18.8 Å². The molecule has 0 heterocycles. The first kappa shape index (κ1) is 14.7. The predicted octanol–water partition coefficient (Wildman–Crippen LogP) is 2.20. The lowest BCUT2D eigenvalue weighted by Gasteiger charge is -2.27. The molecule has 0 aromatic carbocycles. The number of rotatable bonds is 5. The van der Waals surface area contributed by atoms with Crippen LogP contribution in [0.3, 0.4) is 0 Å². The van der Waals surface area contributed by atoms with E-state index in [2.05, 4.69) is 19.2 Å². The van der Waals surface area contributed by atoms with Crippen LogP contribution in [0.1, 0.15) is 40.0 Å². The Balaban J connectivity index is 2.64. The summed E-state index contributed by atoms with van der Waals surface area (Å²) in [4.78, 5) is 23.3. The molecule has 0 aromatic heterocycles. The third kappa shape index (κ3) is 3.59. The van der Waals surface area contributed by atoms with Gasteiger partial charge in [-0.3, -0.25) is 9.59 Å². The van der Waals surface area contributed by atoms with Gasteiger partial charge in [0.1, 0.15) is 0 Å². The van der Waals surface area contributed by atoms with Crippen molar-refractivity contribution in [3.8, 4) is 0 Å². The second-order valence-corrected chi connectivity index (χ2v) is 5.18. The molecule has 0 aromatic rings. The quantitative estimate of drug-likeness (QED) is 0.738. The van der Waals surface area contributed by atoms with Crippen LogP contribution in [0, 0.1) is 17.8 Å². The van der Waals surface area contributed by atoms with Gasteiger partial charge in [-0.1, -0.05) is 32.4 Å². The number of aliphatic carboxylic acids is 1. The first-order valence-corrected chi connectivity index (χ1v) is 6.65. The number of amides is 1. The van der Waals surface area contributed by atoms with E-state index in [4.69, 9.17) is 5.11 Å². The van der Waals surface area contributed by atoms with Gasteiger partial charge in [-0.05, 0) is 25.7 Å². The lowest BCUT2D eigenvalue weighted by molar-refractivity contribution is -0.147. The van der Waals surface area contributed by atoms with Gasteiger partial charge in [-0.15, -0.1) is 0 Å². The van der Waals surface area contributed by atoms with Crippen molar-refractivity contribution in [1.29, 1.82) is 0 Å². The Kier molecular flexibility index (Phi) is 5.38. The fraction of sp³-hybridized carbons (Fsp3) is 0.714. The smallest absolute Gasteiger partial charge is 0.307 e. The third-order valence-corrected chi connectivity index (χ3v) is 3.95. The number of hydrogen-bond donors (Lipinski definition) is 2. The van der Waals surface area contributed by atoms with E-state index in [9.17, 15) is 9.59 Å². The molecule has 2 unspecified atom stereocenters. The van der Waals surface area contributed by atoms with Gasteiger partial charge in [0.05, 0.1) is 11.8 Å². The molecule has 0 spiro atoms. The zero-order valence-corrected chi connectivity index (χ0v) is 11.3. The number of carboxylic acids is 1. The SMILES string of the molecule is CCC(C)C(C)NC(=O)[C@@H]1CC=CC[C@@H]1C(=O)O. The molecule has 0 aliphatic heterocycles. The molecule has 1 aliphatic rings. The zero-order valence-electron chi connectivity index (χ0n) is 11.3. The van der Waals surface area contributed by atoms with E-state index >= 15 is 0 Å². The second-order valence-electron chi connectivity index (χ2n) is 5.18. The monoisotopic (exact) mass is 253 g/mol. The first-order valence-electron chi connectivity index (χ1n) is 6.65. The largest absolute Gasteiger partial charge is 0.481 e. The normalized spacial score (nSPS) is 26.4. The highest BCUT2D eigenvalue weighted by atomic mass is 16.4. The van der Waals surface area contributed by atoms with Crippen LogP contribution in [-0.2, 0) is 9.59 Å². The maximum atomic E-state index is 12.1. The van der Waals surface area contributed by atoms with Gasteiger partial charge in [-0.25, -0.2) is 0 Å². The van der Waals surface area contributed by atoms with Gasteiger partial charge >= 0.3 is 5.97 Å². The maximum Gasteiger partial charge on any atom is 0.307 e. The fourth-order valence-corrected chi connectivity index (χ4v) is 2.20. The Morgan fingerprint density at radius 2 is 1.83 bits per heavy atom. The molecule has 1 rings (SSSR count). The van der Waals surface area contributed by atoms with Crippen molar-refractivity contribution in [2.24, 2.45) is 17.8 Å². The first-order chi connectivity index (χ1) is 8.47. The molecule has 1 aliphatic carbocycles. The molecule has 2 N–H and O–H groups in total. The highest BCUT2D eigenvalue weighted by Crippen LogP contribution is 2.26. The minimum atomic E-state index is -0.879. The molecule has 102 valence electrons. The van der Waals surface area contributed by atoms with Crippen molar-refractivity contribution in [1.82, 2.24) is 5.32 Å². The molecule has 0 saturated carbocycles. The minimum absolute atomic E-state index is 0.0860. The van der Waals surface area contributed by atoms with Crippen LogP contribution in [0.4, 0.5) is 0 Å². The molecule has 4 nitrogen and oxygen atoms in total. The third-order valence-electron chi connectivity index (χ3n) is 3.95. The summed E-state index contributed by atoms with van der Waals surface area (Å²) in [6.45, 7) is 6.14. The number of carboxylic acid groups (broad SMARTS) is 1. The van der Waals surface area contributed by atoms with Crippen LogP contribution in [0.2, 0.25) is 0 Å². The summed E-state index contributed by atoms with van der Waals surface area (Å²) in [5, 5.41) is 12.1. The van der Waals surface area contributed by atoms with E-state index in [1.54, 1.807) is 0 Å². The average molecular weight is 253 g/mol. The predicted molar refractivity (Wildman–Crippen MR) is 70.0 cm³/mol. The highest BCUT2D eigenvalue weighted by molar-refractivity contribution is 5.85. The Labute approximate surface area is 108 Å². The molecule has 0 saturated heterocycles. The zero-order chi connectivity index (χ0) is 13.7. The Bertz CT molecular complexity index is 338. The van der Waals surface area contributed by atoms with Gasteiger partial charge in [0.25, 0.3) is 0 Å². The second kappa shape index (κ2) is 6.57. The number of carbonyl (C=O) groups excluding carboxylic acids is 1. The highest BCUT2D eigenvalue weighted by Gasteiger charge is 2.34.